The SMILES string of the molecule is CC12COC13CCC(=O)C3C2. The number of carbonyl (C=O) groups is 1. The van der Waals surface area contributed by atoms with Crippen LogP contribution in [-0.2, 0) is 9.53 Å². The summed E-state index contributed by atoms with van der Waals surface area (Å²) >= 11 is 0. The zero-order chi connectivity index (χ0) is 7.69. The lowest BCUT2D eigenvalue weighted by molar-refractivity contribution is -0.338. The summed E-state index contributed by atoms with van der Waals surface area (Å²) in [6.45, 7) is 3.14. The normalized spacial score (nSPS) is 59.4. The predicted octanol–water partition coefficient (Wildman–Crippen LogP) is 1.14. The molecule has 0 aromatic rings. The van der Waals surface area contributed by atoms with E-state index in [1.54, 1.807) is 0 Å². The first-order valence-electron chi connectivity index (χ1n) is 4.35. The Bertz CT molecular complexity index is 248. The van der Waals surface area contributed by atoms with Crippen molar-refractivity contribution in [2.45, 2.75) is 31.8 Å². The van der Waals surface area contributed by atoms with Crippen molar-refractivity contribution in [3.63, 3.8) is 0 Å². The van der Waals surface area contributed by atoms with Crippen molar-refractivity contribution < 1.29 is 9.53 Å². The van der Waals surface area contributed by atoms with Gasteiger partial charge in [-0.1, -0.05) is 6.92 Å². The van der Waals surface area contributed by atoms with Gasteiger partial charge in [-0.2, -0.15) is 0 Å². The second-order valence-electron chi connectivity index (χ2n) is 4.46. The summed E-state index contributed by atoms with van der Waals surface area (Å²) in [5.41, 5.74) is 0.411. The monoisotopic (exact) mass is 152 g/mol. The summed E-state index contributed by atoms with van der Waals surface area (Å²) < 4.78 is 5.59. The summed E-state index contributed by atoms with van der Waals surface area (Å²) in [6.07, 6.45) is 2.85. The van der Waals surface area contributed by atoms with E-state index in [2.05, 4.69) is 6.92 Å². The average molecular weight is 152 g/mol. The van der Waals surface area contributed by atoms with Crippen molar-refractivity contribution in [1.82, 2.24) is 0 Å². The van der Waals surface area contributed by atoms with Crippen LogP contribution in [0.4, 0.5) is 0 Å². The molecule has 0 radical (unpaired) electrons. The van der Waals surface area contributed by atoms with E-state index in [4.69, 9.17) is 4.74 Å². The van der Waals surface area contributed by atoms with Gasteiger partial charge in [-0.3, -0.25) is 4.79 Å². The molecule has 60 valence electrons. The number of hydrogen-bond acceptors (Lipinski definition) is 2. The van der Waals surface area contributed by atoms with Crippen LogP contribution in [0.25, 0.3) is 0 Å². The highest BCUT2D eigenvalue weighted by atomic mass is 16.5. The molecule has 0 bridgehead atoms. The summed E-state index contributed by atoms with van der Waals surface area (Å²) in [5, 5.41) is 0. The number of Topliss-reactive ketones (excluding diaryl/α,β-unsaturated/α-hetero) is 1. The van der Waals surface area contributed by atoms with Crippen molar-refractivity contribution in [1.29, 1.82) is 0 Å². The Balaban J connectivity index is 2.01. The maximum absolute atomic E-state index is 11.3. The number of rotatable bonds is 0. The summed E-state index contributed by atoms with van der Waals surface area (Å²) in [6, 6.07) is 0. The minimum atomic E-state index is 0.0318. The molecule has 2 aliphatic carbocycles. The van der Waals surface area contributed by atoms with Crippen LogP contribution in [-0.4, -0.2) is 18.0 Å². The second kappa shape index (κ2) is 1.40. The van der Waals surface area contributed by atoms with Gasteiger partial charge in [0.2, 0.25) is 0 Å². The molecule has 2 heteroatoms. The van der Waals surface area contributed by atoms with Gasteiger partial charge in [-0.25, -0.2) is 0 Å². The molecule has 3 fully saturated rings. The van der Waals surface area contributed by atoms with Gasteiger partial charge in [0.05, 0.1) is 12.2 Å². The van der Waals surface area contributed by atoms with Crippen LogP contribution in [0.15, 0.2) is 0 Å². The van der Waals surface area contributed by atoms with Gasteiger partial charge in [0.15, 0.2) is 0 Å². The number of ether oxygens (including phenoxy) is 1. The van der Waals surface area contributed by atoms with E-state index < -0.39 is 0 Å². The lowest BCUT2D eigenvalue weighted by Crippen LogP contribution is -2.73. The lowest BCUT2D eigenvalue weighted by atomic mass is 9.49. The van der Waals surface area contributed by atoms with Crippen LogP contribution >= 0.6 is 0 Å². The quantitative estimate of drug-likeness (QED) is 0.520. The smallest absolute Gasteiger partial charge is 0.139 e. The molecule has 0 aromatic carbocycles. The summed E-state index contributed by atoms with van der Waals surface area (Å²) in [4.78, 5) is 11.3. The van der Waals surface area contributed by atoms with Gasteiger partial charge in [0, 0.05) is 17.8 Å². The van der Waals surface area contributed by atoms with Crippen LogP contribution in [0.2, 0.25) is 0 Å². The molecule has 2 nitrogen and oxygen atoms in total. The van der Waals surface area contributed by atoms with Crippen molar-refractivity contribution in [2.75, 3.05) is 6.61 Å². The molecule has 1 spiro atoms. The molecule has 11 heavy (non-hydrogen) atoms. The molecule has 0 aromatic heterocycles. The topological polar surface area (TPSA) is 26.3 Å². The Morgan fingerprint density at radius 2 is 2.45 bits per heavy atom. The van der Waals surface area contributed by atoms with Gasteiger partial charge in [0.25, 0.3) is 0 Å². The molecule has 3 atom stereocenters. The molecular formula is C9H12O2. The van der Waals surface area contributed by atoms with Gasteiger partial charge >= 0.3 is 0 Å². The molecule has 0 amide bonds. The van der Waals surface area contributed by atoms with Crippen LogP contribution in [0.3, 0.4) is 0 Å². The molecule has 1 saturated heterocycles. The highest BCUT2D eigenvalue weighted by Crippen LogP contribution is 2.68. The third-order valence-electron chi connectivity index (χ3n) is 4.02. The first-order chi connectivity index (χ1) is 5.18. The van der Waals surface area contributed by atoms with Crippen molar-refractivity contribution >= 4 is 5.78 Å². The zero-order valence-corrected chi connectivity index (χ0v) is 6.72. The molecule has 2 saturated carbocycles. The Hall–Kier alpha value is -0.370. The number of carbonyl (C=O) groups excluding carboxylic acids is 1. The second-order valence-corrected chi connectivity index (χ2v) is 4.46. The third kappa shape index (κ3) is 0.418. The Kier molecular flexibility index (Phi) is 0.787. The summed E-state index contributed by atoms with van der Waals surface area (Å²) in [5.74, 6) is 0.725. The van der Waals surface area contributed by atoms with E-state index in [0.717, 1.165) is 25.9 Å². The fourth-order valence-electron chi connectivity index (χ4n) is 3.15. The van der Waals surface area contributed by atoms with E-state index in [1.807, 2.05) is 0 Å². The highest BCUT2D eigenvalue weighted by Gasteiger charge is 2.74. The minimum Gasteiger partial charge on any atom is -0.373 e. The fourth-order valence-corrected chi connectivity index (χ4v) is 3.15. The van der Waals surface area contributed by atoms with E-state index in [0.29, 0.717) is 11.2 Å². The first kappa shape index (κ1) is 6.18. The van der Waals surface area contributed by atoms with Crippen molar-refractivity contribution in [3.8, 4) is 0 Å². The fraction of sp³-hybridized carbons (Fsp3) is 0.889. The highest BCUT2D eigenvalue weighted by molar-refractivity contribution is 5.87. The van der Waals surface area contributed by atoms with Gasteiger partial charge in [-0.05, 0) is 12.8 Å². The molecule has 3 unspecified atom stereocenters. The Labute approximate surface area is 65.9 Å². The molecule has 0 N–H and O–H groups in total. The molecule has 3 aliphatic rings. The summed E-state index contributed by atoms with van der Waals surface area (Å²) in [7, 11) is 0. The van der Waals surface area contributed by atoms with E-state index in [9.17, 15) is 4.79 Å². The van der Waals surface area contributed by atoms with Gasteiger partial charge in [-0.15, -0.1) is 0 Å². The van der Waals surface area contributed by atoms with Gasteiger partial charge in [0.1, 0.15) is 5.78 Å². The molecule has 3 rings (SSSR count). The first-order valence-corrected chi connectivity index (χ1v) is 4.35. The van der Waals surface area contributed by atoms with Gasteiger partial charge < -0.3 is 4.74 Å². The maximum atomic E-state index is 11.3. The molecule has 1 aliphatic heterocycles. The van der Waals surface area contributed by atoms with Crippen LogP contribution in [0.5, 0.6) is 0 Å². The van der Waals surface area contributed by atoms with E-state index in [1.165, 1.54) is 0 Å². The van der Waals surface area contributed by atoms with E-state index >= 15 is 0 Å². The van der Waals surface area contributed by atoms with E-state index in [-0.39, 0.29) is 11.5 Å². The Morgan fingerprint density at radius 3 is 2.82 bits per heavy atom. The van der Waals surface area contributed by atoms with Crippen molar-refractivity contribution in [3.05, 3.63) is 0 Å². The largest absolute Gasteiger partial charge is 0.373 e. The van der Waals surface area contributed by atoms with Crippen LogP contribution < -0.4 is 0 Å². The number of hydrogen-bond donors (Lipinski definition) is 0. The lowest BCUT2D eigenvalue weighted by Gasteiger charge is -2.67. The molecular weight excluding hydrogens is 140 g/mol. The Morgan fingerprint density at radius 1 is 1.64 bits per heavy atom. The standard InChI is InChI=1S/C9H12O2/c1-8-4-6-7(10)2-3-9(6,8)11-5-8/h6H,2-5H2,1H3. The van der Waals surface area contributed by atoms with Crippen LogP contribution in [0.1, 0.15) is 26.2 Å². The third-order valence-corrected chi connectivity index (χ3v) is 4.02. The average Bonchev–Trinajstić information content (AvgIpc) is 2.29. The van der Waals surface area contributed by atoms with Crippen molar-refractivity contribution in [2.24, 2.45) is 11.3 Å². The number of ketones is 1. The molecule has 1 heterocycles. The predicted molar refractivity (Wildman–Crippen MR) is 39.1 cm³/mol. The minimum absolute atomic E-state index is 0.0318. The zero-order valence-electron chi connectivity index (χ0n) is 6.72. The van der Waals surface area contributed by atoms with Crippen LogP contribution in [0, 0.1) is 11.3 Å². The maximum Gasteiger partial charge on any atom is 0.139 e.